The number of rotatable bonds is 12. The summed E-state index contributed by atoms with van der Waals surface area (Å²) in [6.07, 6.45) is 4.91. The molecule has 0 aliphatic carbocycles. The van der Waals surface area contributed by atoms with Crippen LogP contribution in [0, 0.1) is 6.92 Å². The molecule has 9 nitrogen and oxygen atoms in total. The first-order valence-corrected chi connectivity index (χ1v) is 16.0. The van der Waals surface area contributed by atoms with Gasteiger partial charge in [0.1, 0.15) is 23.9 Å². The molecule has 2 amide bonds. The smallest absolute Gasteiger partial charge is 0.267 e. The first kappa shape index (κ1) is 32.1. The largest absolute Gasteiger partial charge is 0.489 e. The van der Waals surface area contributed by atoms with E-state index in [1.807, 2.05) is 104 Å². The minimum Gasteiger partial charge on any atom is -0.489 e. The molecular weight excluding hydrogens is 625 g/mol. The van der Waals surface area contributed by atoms with Crippen LogP contribution in [0.5, 0.6) is 11.5 Å². The van der Waals surface area contributed by atoms with E-state index in [4.69, 9.17) is 13.9 Å². The van der Waals surface area contributed by atoms with E-state index in [2.05, 4.69) is 15.5 Å². The van der Waals surface area contributed by atoms with E-state index in [0.29, 0.717) is 45.2 Å². The molecule has 1 aromatic heterocycles. The van der Waals surface area contributed by atoms with Crippen molar-refractivity contribution in [3.05, 3.63) is 154 Å². The zero-order chi connectivity index (χ0) is 33.1. The van der Waals surface area contributed by atoms with Gasteiger partial charge in [0, 0.05) is 11.3 Å². The highest BCUT2D eigenvalue weighted by atomic mass is 32.2. The number of nitrogens with one attached hydrogen (secondary N) is 1. The van der Waals surface area contributed by atoms with Crippen LogP contribution in [0.4, 0.5) is 5.69 Å². The number of thioether (sulfide) groups is 1. The maximum absolute atomic E-state index is 13.7. The monoisotopic (exact) mass is 656 g/mol. The number of aryl methyl sites for hydroxylation is 1. The highest BCUT2D eigenvalue weighted by Crippen LogP contribution is 2.35. The van der Waals surface area contributed by atoms with Crippen molar-refractivity contribution in [1.82, 2.24) is 4.90 Å². The maximum atomic E-state index is 13.7. The fraction of sp³-hybridized carbons (Fsp3) is 0.105. The molecule has 48 heavy (non-hydrogen) atoms. The molecule has 0 atom stereocenters. The van der Waals surface area contributed by atoms with Gasteiger partial charge in [0.05, 0.1) is 23.9 Å². The van der Waals surface area contributed by atoms with Crippen LogP contribution in [0.25, 0.3) is 6.08 Å². The van der Waals surface area contributed by atoms with Crippen LogP contribution >= 0.6 is 11.8 Å². The van der Waals surface area contributed by atoms with Gasteiger partial charge in [-0.05, 0) is 78.4 Å². The lowest BCUT2D eigenvalue weighted by atomic mass is 10.2. The van der Waals surface area contributed by atoms with Crippen molar-refractivity contribution >= 4 is 46.7 Å². The molecule has 1 fully saturated rings. The third-order valence-electron chi connectivity index (χ3n) is 7.14. The Morgan fingerprint density at radius 2 is 1.73 bits per heavy atom. The lowest BCUT2D eigenvalue weighted by molar-refractivity contribution is -0.122. The van der Waals surface area contributed by atoms with Crippen molar-refractivity contribution in [3.63, 3.8) is 0 Å². The molecule has 1 aliphatic heterocycles. The van der Waals surface area contributed by atoms with E-state index in [1.165, 1.54) is 16.7 Å². The standard InChI is InChI=1S/C38H32N4O5S/c1-27-16-18-31(19-17-27)40-36(43)26-47-34-15-6-5-12-30(34)22-35-37(44)42(24-33-14-8-20-45-33)38(48-35)41-39-23-29-11-7-13-32(21-29)46-25-28-9-3-2-4-10-28/h2-23H,24-26H2,1H3,(H,40,43)/b35-22-,39-23-,41-38+. The maximum Gasteiger partial charge on any atom is 0.267 e. The number of para-hydroxylation sites is 1. The average Bonchev–Trinajstić information content (AvgIpc) is 3.73. The number of amidine groups is 1. The number of hydrogen-bond donors (Lipinski definition) is 1. The third-order valence-corrected chi connectivity index (χ3v) is 8.14. The number of amides is 2. The lowest BCUT2D eigenvalue weighted by Crippen LogP contribution is -2.28. The second kappa shape index (κ2) is 15.6. The van der Waals surface area contributed by atoms with E-state index in [9.17, 15) is 9.59 Å². The van der Waals surface area contributed by atoms with Crippen LogP contribution in [-0.4, -0.2) is 34.7 Å². The number of nitrogens with zero attached hydrogens (tertiary/aromatic N) is 3. The van der Waals surface area contributed by atoms with Crippen LogP contribution in [-0.2, 0) is 22.7 Å². The molecule has 0 bridgehead atoms. The van der Waals surface area contributed by atoms with Gasteiger partial charge in [-0.2, -0.15) is 5.10 Å². The Kier molecular flexibility index (Phi) is 10.4. The van der Waals surface area contributed by atoms with Gasteiger partial charge >= 0.3 is 0 Å². The fourth-order valence-corrected chi connectivity index (χ4v) is 5.63. The van der Waals surface area contributed by atoms with Gasteiger partial charge in [0.2, 0.25) is 0 Å². The Morgan fingerprint density at radius 1 is 0.917 bits per heavy atom. The van der Waals surface area contributed by atoms with Crippen LogP contribution in [0.1, 0.15) is 28.0 Å². The van der Waals surface area contributed by atoms with Gasteiger partial charge in [-0.1, -0.05) is 78.4 Å². The van der Waals surface area contributed by atoms with Crippen LogP contribution in [0.2, 0.25) is 0 Å². The lowest BCUT2D eigenvalue weighted by Gasteiger charge is -2.12. The molecule has 1 saturated heterocycles. The Hall–Kier alpha value is -5.87. The predicted molar refractivity (Wildman–Crippen MR) is 189 cm³/mol. The zero-order valence-corrected chi connectivity index (χ0v) is 26.9. The number of carbonyl (C=O) groups is 2. The average molecular weight is 657 g/mol. The molecule has 5 aromatic rings. The third kappa shape index (κ3) is 8.68. The van der Waals surface area contributed by atoms with Gasteiger partial charge in [0.25, 0.3) is 11.8 Å². The Labute approximate surface area is 282 Å². The Balaban J connectivity index is 1.16. The van der Waals surface area contributed by atoms with Crippen LogP contribution < -0.4 is 14.8 Å². The Bertz CT molecular complexity index is 1950. The molecule has 240 valence electrons. The summed E-state index contributed by atoms with van der Waals surface area (Å²) in [5.41, 5.74) is 4.30. The molecule has 1 N–H and O–H groups in total. The van der Waals surface area contributed by atoms with Crippen molar-refractivity contribution in [1.29, 1.82) is 0 Å². The highest BCUT2D eigenvalue weighted by molar-refractivity contribution is 8.18. The molecule has 2 heterocycles. The first-order valence-electron chi connectivity index (χ1n) is 15.2. The summed E-state index contributed by atoms with van der Waals surface area (Å²) in [6, 6.07) is 35.8. The summed E-state index contributed by atoms with van der Waals surface area (Å²) in [6.45, 7) is 2.42. The van der Waals surface area contributed by atoms with Crippen molar-refractivity contribution in [2.75, 3.05) is 11.9 Å². The number of anilines is 1. The molecule has 0 saturated carbocycles. The summed E-state index contributed by atoms with van der Waals surface area (Å²) < 4.78 is 17.3. The van der Waals surface area contributed by atoms with Crippen molar-refractivity contribution in [2.24, 2.45) is 10.2 Å². The molecule has 0 unspecified atom stereocenters. The number of benzene rings is 4. The minimum atomic E-state index is -0.294. The van der Waals surface area contributed by atoms with Gasteiger partial charge in [0.15, 0.2) is 11.8 Å². The van der Waals surface area contributed by atoms with Gasteiger partial charge < -0.3 is 19.2 Å². The van der Waals surface area contributed by atoms with E-state index in [1.54, 1.807) is 36.8 Å². The number of hydrogen-bond acceptors (Lipinski definition) is 8. The Morgan fingerprint density at radius 3 is 2.54 bits per heavy atom. The summed E-state index contributed by atoms with van der Waals surface area (Å²) in [4.78, 5) is 28.2. The van der Waals surface area contributed by atoms with Crippen molar-refractivity contribution < 1.29 is 23.5 Å². The van der Waals surface area contributed by atoms with E-state index in [-0.39, 0.29) is 25.0 Å². The quantitative estimate of drug-likeness (QED) is 0.0839. The minimum absolute atomic E-state index is 0.185. The number of furan rings is 1. The first-order chi connectivity index (χ1) is 23.5. The summed E-state index contributed by atoms with van der Waals surface area (Å²) >= 11 is 1.20. The van der Waals surface area contributed by atoms with Crippen LogP contribution in [0.3, 0.4) is 0 Å². The van der Waals surface area contributed by atoms with Gasteiger partial charge in [-0.15, -0.1) is 5.10 Å². The fourth-order valence-electron chi connectivity index (χ4n) is 4.70. The summed E-state index contributed by atoms with van der Waals surface area (Å²) in [7, 11) is 0. The predicted octanol–water partition coefficient (Wildman–Crippen LogP) is 7.69. The second-order valence-electron chi connectivity index (χ2n) is 10.8. The molecule has 4 aromatic carbocycles. The molecule has 6 rings (SSSR count). The number of carbonyl (C=O) groups excluding carboxylic acids is 2. The summed E-state index contributed by atoms with van der Waals surface area (Å²) in [5.74, 6) is 1.23. The SMILES string of the molecule is Cc1ccc(NC(=O)COc2ccccc2/C=C2\S/C(=N/N=C\c3cccc(OCc4ccccc4)c3)N(Cc3ccco3)C2=O)cc1. The van der Waals surface area contributed by atoms with E-state index >= 15 is 0 Å². The van der Waals surface area contributed by atoms with Crippen molar-refractivity contribution in [2.45, 2.75) is 20.1 Å². The zero-order valence-electron chi connectivity index (χ0n) is 26.1. The van der Waals surface area contributed by atoms with Crippen molar-refractivity contribution in [3.8, 4) is 11.5 Å². The molecule has 10 heteroatoms. The number of ether oxygens (including phenoxy) is 2. The second-order valence-corrected chi connectivity index (χ2v) is 11.8. The molecule has 1 aliphatic rings. The van der Waals surface area contributed by atoms with E-state index < -0.39 is 0 Å². The molecular formula is C38H32N4O5S. The van der Waals surface area contributed by atoms with E-state index in [0.717, 1.165) is 16.7 Å². The van der Waals surface area contributed by atoms with Gasteiger partial charge in [-0.25, -0.2) is 0 Å². The highest BCUT2D eigenvalue weighted by Gasteiger charge is 2.34. The molecule has 0 radical (unpaired) electrons. The topological polar surface area (TPSA) is 106 Å². The normalized spacial score (nSPS) is 14.6. The summed E-state index contributed by atoms with van der Waals surface area (Å²) in [5, 5.41) is 12.0. The van der Waals surface area contributed by atoms with Crippen LogP contribution in [0.15, 0.2) is 141 Å². The van der Waals surface area contributed by atoms with Gasteiger partial charge in [-0.3, -0.25) is 14.5 Å². The molecule has 0 spiro atoms.